The quantitative estimate of drug-likeness (QED) is 0.849. The van der Waals surface area contributed by atoms with Crippen LogP contribution in [0.2, 0.25) is 0 Å². The summed E-state index contributed by atoms with van der Waals surface area (Å²) in [7, 11) is 0. The van der Waals surface area contributed by atoms with Crippen LogP contribution in [0.3, 0.4) is 0 Å². The van der Waals surface area contributed by atoms with E-state index in [4.69, 9.17) is 10.5 Å². The lowest BCUT2D eigenvalue weighted by Crippen LogP contribution is -2.25. The Morgan fingerprint density at radius 1 is 1.50 bits per heavy atom. The number of nitrogens with two attached hydrogens (primary N) is 1. The fourth-order valence-corrected chi connectivity index (χ4v) is 1.64. The van der Waals surface area contributed by atoms with E-state index in [1.807, 2.05) is 34.6 Å². The zero-order valence-electron chi connectivity index (χ0n) is 10.7. The van der Waals surface area contributed by atoms with Crippen molar-refractivity contribution in [2.24, 2.45) is 5.73 Å². The molecule has 4 nitrogen and oxygen atoms in total. The summed E-state index contributed by atoms with van der Waals surface area (Å²) in [6.07, 6.45) is 1.79. The van der Waals surface area contributed by atoms with Gasteiger partial charge in [-0.1, -0.05) is 0 Å². The summed E-state index contributed by atoms with van der Waals surface area (Å²) in [6.45, 7) is 10.4. The second kappa shape index (κ2) is 4.89. The zero-order valence-corrected chi connectivity index (χ0v) is 10.7. The first kappa shape index (κ1) is 13.1. The van der Waals surface area contributed by atoms with Gasteiger partial charge in [0.05, 0.1) is 0 Å². The maximum atomic E-state index is 5.82. The highest BCUT2D eigenvalue weighted by Crippen LogP contribution is 2.22. The zero-order chi connectivity index (χ0) is 12.3. The SMILES string of the molecule is CCOC(C)(C)c1ncc([C@H](C)N)c(C)n1. The summed E-state index contributed by atoms with van der Waals surface area (Å²) in [4.78, 5) is 8.80. The molecule has 0 bridgehead atoms. The van der Waals surface area contributed by atoms with Gasteiger partial charge >= 0.3 is 0 Å². The first-order chi connectivity index (χ1) is 7.38. The summed E-state index contributed by atoms with van der Waals surface area (Å²) >= 11 is 0. The minimum absolute atomic E-state index is 0.0377. The lowest BCUT2D eigenvalue weighted by molar-refractivity contribution is -0.0209. The molecule has 0 saturated carbocycles. The molecule has 0 aliphatic rings. The van der Waals surface area contributed by atoms with Gasteiger partial charge < -0.3 is 10.5 Å². The smallest absolute Gasteiger partial charge is 0.159 e. The van der Waals surface area contributed by atoms with Gasteiger partial charge in [0.15, 0.2) is 5.82 Å². The van der Waals surface area contributed by atoms with Gasteiger partial charge in [0.1, 0.15) is 5.60 Å². The van der Waals surface area contributed by atoms with Gasteiger partial charge in [-0.15, -0.1) is 0 Å². The highest BCUT2D eigenvalue weighted by atomic mass is 16.5. The third-order valence-corrected chi connectivity index (χ3v) is 2.55. The third-order valence-electron chi connectivity index (χ3n) is 2.55. The van der Waals surface area contributed by atoms with Crippen LogP contribution >= 0.6 is 0 Å². The molecule has 1 aromatic heterocycles. The molecule has 1 rings (SSSR count). The van der Waals surface area contributed by atoms with E-state index in [-0.39, 0.29) is 6.04 Å². The van der Waals surface area contributed by atoms with Gasteiger partial charge in [0.2, 0.25) is 0 Å². The van der Waals surface area contributed by atoms with Gasteiger partial charge in [-0.25, -0.2) is 9.97 Å². The molecule has 4 heteroatoms. The molecule has 0 radical (unpaired) electrons. The summed E-state index contributed by atoms with van der Waals surface area (Å²) in [6, 6.07) is -0.0377. The largest absolute Gasteiger partial charge is 0.368 e. The molecule has 0 amide bonds. The number of hydrogen-bond donors (Lipinski definition) is 1. The van der Waals surface area contributed by atoms with Gasteiger partial charge in [0.25, 0.3) is 0 Å². The van der Waals surface area contributed by atoms with Crippen LogP contribution in [0, 0.1) is 6.92 Å². The predicted molar refractivity (Wildman–Crippen MR) is 64.0 cm³/mol. The average Bonchev–Trinajstić information content (AvgIpc) is 2.16. The Labute approximate surface area is 97.2 Å². The van der Waals surface area contributed by atoms with Gasteiger partial charge in [0, 0.05) is 30.1 Å². The van der Waals surface area contributed by atoms with E-state index in [1.54, 1.807) is 6.20 Å². The van der Waals surface area contributed by atoms with E-state index in [2.05, 4.69) is 9.97 Å². The summed E-state index contributed by atoms with van der Waals surface area (Å²) in [5, 5.41) is 0. The van der Waals surface area contributed by atoms with Crippen LogP contribution in [0.25, 0.3) is 0 Å². The molecule has 0 aromatic carbocycles. The summed E-state index contributed by atoms with van der Waals surface area (Å²) in [5.41, 5.74) is 7.28. The van der Waals surface area contributed by atoms with E-state index in [0.717, 1.165) is 11.3 Å². The number of rotatable bonds is 4. The molecule has 16 heavy (non-hydrogen) atoms. The molecule has 0 saturated heterocycles. The molecule has 0 aliphatic heterocycles. The lowest BCUT2D eigenvalue weighted by atomic mass is 10.1. The van der Waals surface area contributed by atoms with Gasteiger partial charge in [-0.05, 0) is 34.6 Å². The number of nitrogens with zero attached hydrogens (tertiary/aromatic N) is 2. The number of hydrogen-bond acceptors (Lipinski definition) is 4. The minimum Gasteiger partial charge on any atom is -0.368 e. The third kappa shape index (κ3) is 2.77. The van der Waals surface area contributed by atoms with Crippen molar-refractivity contribution in [2.75, 3.05) is 6.61 Å². The van der Waals surface area contributed by atoms with Crippen molar-refractivity contribution < 1.29 is 4.74 Å². The number of ether oxygens (including phenoxy) is 1. The van der Waals surface area contributed by atoms with Gasteiger partial charge in [-0.2, -0.15) is 0 Å². The van der Waals surface area contributed by atoms with Crippen LogP contribution in [0.4, 0.5) is 0 Å². The molecule has 0 aliphatic carbocycles. The van der Waals surface area contributed by atoms with Crippen molar-refractivity contribution >= 4 is 0 Å². The van der Waals surface area contributed by atoms with Crippen molar-refractivity contribution in [2.45, 2.75) is 46.3 Å². The second-order valence-corrected chi connectivity index (χ2v) is 4.47. The summed E-state index contributed by atoms with van der Waals surface area (Å²) in [5.74, 6) is 0.705. The van der Waals surface area contributed by atoms with E-state index in [1.165, 1.54) is 0 Å². The monoisotopic (exact) mass is 223 g/mol. The Balaban J connectivity index is 3.05. The van der Waals surface area contributed by atoms with Crippen LogP contribution in [0.1, 0.15) is 50.8 Å². The molecule has 1 heterocycles. The van der Waals surface area contributed by atoms with E-state index in [9.17, 15) is 0 Å². The van der Waals surface area contributed by atoms with Crippen LogP contribution in [-0.4, -0.2) is 16.6 Å². The number of aromatic nitrogens is 2. The topological polar surface area (TPSA) is 61.0 Å². The first-order valence-corrected chi connectivity index (χ1v) is 5.62. The van der Waals surface area contributed by atoms with Crippen molar-refractivity contribution in [3.63, 3.8) is 0 Å². The Hall–Kier alpha value is -1.00. The van der Waals surface area contributed by atoms with Crippen LogP contribution in [0.5, 0.6) is 0 Å². The Morgan fingerprint density at radius 2 is 2.12 bits per heavy atom. The molecule has 90 valence electrons. The van der Waals surface area contributed by atoms with Crippen molar-refractivity contribution in [3.8, 4) is 0 Å². The Morgan fingerprint density at radius 3 is 2.56 bits per heavy atom. The van der Waals surface area contributed by atoms with Crippen LogP contribution in [-0.2, 0) is 10.3 Å². The van der Waals surface area contributed by atoms with Crippen LogP contribution in [0.15, 0.2) is 6.20 Å². The maximum absolute atomic E-state index is 5.82. The normalized spacial score (nSPS) is 13.9. The second-order valence-electron chi connectivity index (χ2n) is 4.47. The van der Waals surface area contributed by atoms with E-state index < -0.39 is 5.60 Å². The van der Waals surface area contributed by atoms with E-state index in [0.29, 0.717) is 12.4 Å². The van der Waals surface area contributed by atoms with Crippen molar-refractivity contribution in [1.82, 2.24) is 9.97 Å². The highest BCUT2D eigenvalue weighted by molar-refractivity contribution is 5.20. The molecule has 1 atom stereocenters. The Kier molecular flexibility index (Phi) is 3.99. The predicted octanol–water partition coefficient (Wildman–Crippen LogP) is 2.08. The minimum atomic E-state index is -0.449. The lowest BCUT2D eigenvalue weighted by Gasteiger charge is -2.23. The Bertz CT molecular complexity index is 361. The number of aryl methyl sites for hydroxylation is 1. The van der Waals surface area contributed by atoms with Gasteiger partial charge in [-0.3, -0.25) is 0 Å². The molecule has 0 spiro atoms. The van der Waals surface area contributed by atoms with E-state index >= 15 is 0 Å². The fraction of sp³-hybridized carbons (Fsp3) is 0.667. The molecule has 0 fully saturated rings. The molecule has 0 unspecified atom stereocenters. The van der Waals surface area contributed by atoms with Crippen LogP contribution < -0.4 is 5.73 Å². The molecule has 2 N–H and O–H groups in total. The maximum Gasteiger partial charge on any atom is 0.159 e. The first-order valence-electron chi connectivity index (χ1n) is 5.62. The fourth-order valence-electron chi connectivity index (χ4n) is 1.64. The summed E-state index contributed by atoms with van der Waals surface area (Å²) < 4.78 is 5.61. The molecular weight excluding hydrogens is 202 g/mol. The standard InChI is InChI=1S/C12H21N3O/c1-6-16-12(4,5)11-14-7-10(8(2)13)9(3)15-11/h7-8H,6,13H2,1-5H3/t8-/m0/s1. The molecule has 1 aromatic rings. The molecular formula is C12H21N3O. The average molecular weight is 223 g/mol. The van der Waals surface area contributed by atoms with Crippen molar-refractivity contribution in [1.29, 1.82) is 0 Å². The van der Waals surface area contributed by atoms with Crippen molar-refractivity contribution in [3.05, 3.63) is 23.3 Å². The highest BCUT2D eigenvalue weighted by Gasteiger charge is 2.24.